The fourth-order valence-electron chi connectivity index (χ4n) is 1.24. The average Bonchev–Trinajstić information content (AvgIpc) is 2.05. The molecule has 1 aromatic carbocycles. The number of rotatable bonds is 2. The number of aromatic hydroxyl groups is 1. The van der Waals surface area contributed by atoms with Crippen molar-refractivity contribution in [3.63, 3.8) is 0 Å². The summed E-state index contributed by atoms with van der Waals surface area (Å²) in [5, 5.41) is 9.58. The van der Waals surface area contributed by atoms with Crippen LogP contribution < -0.4 is 0 Å². The van der Waals surface area contributed by atoms with E-state index in [1.165, 1.54) is 0 Å². The van der Waals surface area contributed by atoms with Crippen LogP contribution in [0.5, 0.6) is 5.75 Å². The van der Waals surface area contributed by atoms with Gasteiger partial charge in [0.25, 0.3) is 0 Å². The minimum absolute atomic E-state index is 0. The van der Waals surface area contributed by atoms with Crippen LogP contribution in [-0.2, 0) is 18.9 Å². The van der Waals surface area contributed by atoms with E-state index in [2.05, 4.69) is 20.8 Å². The van der Waals surface area contributed by atoms with Gasteiger partial charge in [-0.15, -0.1) is 0 Å². The molecule has 0 bridgehead atoms. The van der Waals surface area contributed by atoms with Crippen molar-refractivity contribution in [1.82, 2.24) is 0 Å². The molecule has 0 atom stereocenters. The number of hydrogen-bond donors (Lipinski definition) is 1. The second-order valence-corrected chi connectivity index (χ2v) is 3.75. The molecule has 0 radical (unpaired) electrons. The molecule has 0 unspecified atom stereocenters. The summed E-state index contributed by atoms with van der Waals surface area (Å²) in [6, 6.07) is 7.54. The zero-order valence-electron chi connectivity index (χ0n) is 9.08. The van der Waals surface area contributed by atoms with Crippen molar-refractivity contribution in [3.05, 3.63) is 29.8 Å². The Kier molecular flexibility index (Phi) is 8.98. The third kappa shape index (κ3) is 4.21. The van der Waals surface area contributed by atoms with Crippen LogP contribution in [0.1, 0.15) is 32.8 Å². The Morgan fingerprint density at radius 3 is 2.14 bits per heavy atom. The van der Waals surface area contributed by atoms with Crippen LogP contribution >= 0.6 is 0 Å². The van der Waals surface area contributed by atoms with Crippen LogP contribution in [0.25, 0.3) is 0 Å². The molecule has 0 heterocycles. The minimum atomic E-state index is 0. The maximum Gasteiger partial charge on any atom is 2.00 e. The number of benzene rings is 1. The SMILES string of the molecule is CCC(C)(C)c1ccccc1O.[Ba+2].[S-2]. The van der Waals surface area contributed by atoms with Gasteiger partial charge < -0.3 is 18.6 Å². The summed E-state index contributed by atoms with van der Waals surface area (Å²) in [6.07, 6.45) is 1.03. The molecule has 0 aliphatic heterocycles. The molecule has 0 aliphatic rings. The molecule has 74 valence electrons. The van der Waals surface area contributed by atoms with Crippen molar-refractivity contribution in [2.45, 2.75) is 32.6 Å². The number of hydrogen-bond acceptors (Lipinski definition) is 1. The molecule has 0 spiro atoms. The Morgan fingerprint density at radius 2 is 1.71 bits per heavy atom. The Morgan fingerprint density at radius 1 is 1.21 bits per heavy atom. The molecule has 0 aromatic heterocycles. The molecule has 0 aliphatic carbocycles. The summed E-state index contributed by atoms with van der Waals surface area (Å²) >= 11 is 0. The van der Waals surface area contributed by atoms with Crippen molar-refractivity contribution < 1.29 is 5.11 Å². The summed E-state index contributed by atoms with van der Waals surface area (Å²) in [5.74, 6) is 0.407. The normalized spacial score (nSPS) is 9.93. The summed E-state index contributed by atoms with van der Waals surface area (Å²) in [5.41, 5.74) is 1.11. The molecule has 0 amide bonds. The van der Waals surface area contributed by atoms with Crippen LogP contribution in [-0.4, -0.2) is 54.0 Å². The van der Waals surface area contributed by atoms with Gasteiger partial charge in [0.2, 0.25) is 0 Å². The standard InChI is InChI=1S/C11H16O.Ba.S/c1-4-11(2,3)9-7-5-6-8-10(9)12;;/h5-8,12H,4H2,1-3H3;;/q;+2;-2. The topological polar surface area (TPSA) is 20.2 Å². The molecule has 0 saturated carbocycles. The van der Waals surface area contributed by atoms with E-state index in [4.69, 9.17) is 0 Å². The number of phenolic OH excluding ortho intramolecular Hbond substituents is 1. The van der Waals surface area contributed by atoms with Gasteiger partial charge in [0.15, 0.2) is 0 Å². The van der Waals surface area contributed by atoms with E-state index in [1.807, 2.05) is 18.2 Å². The third-order valence-corrected chi connectivity index (χ3v) is 2.52. The van der Waals surface area contributed by atoms with Gasteiger partial charge in [-0.2, -0.15) is 0 Å². The second-order valence-electron chi connectivity index (χ2n) is 3.75. The Bertz CT molecular complexity index is 274. The van der Waals surface area contributed by atoms with Crippen molar-refractivity contribution in [1.29, 1.82) is 0 Å². The molecule has 0 saturated heterocycles. The van der Waals surface area contributed by atoms with E-state index in [9.17, 15) is 5.11 Å². The van der Waals surface area contributed by atoms with E-state index >= 15 is 0 Å². The molecule has 1 rings (SSSR count). The average molecular weight is 334 g/mol. The fourth-order valence-corrected chi connectivity index (χ4v) is 1.24. The maximum atomic E-state index is 9.58. The van der Waals surface area contributed by atoms with E-state index < -0.39 is 0 Å². The summed E-state index contributed by atoms with van der Waals surface area (Å²) in [4.78, 5) is 0. The Hall–Kier alpha value is 0.941. The van der Waals surface area contributed by atoms with Gasteiger partial charge in [0.05, 0.1) is 0 Å². The number of phenols is 1. The largest absolute Gasteiger partial charge is 2.00 e. The van der Waals surface area contributed by atoms with Gasteiger partial charge in [0, 0.05) is 0 Å². The summed E-state index contributed by atoms with van der Waals surface area (Å²) in [7, 11) is 0. The van der Waals surface area contributed by atoms with Crippen LogP contribution in [0.15, 0.2) is 24.3 Å². The Labute approximate surface area is 134 Å². The zero-order valence-corrected chi connectivity index (χ0v) is 14.3. The van der Waals surface area contributed by atoms with Crippen molar-refractivity contribution in [3.8, 4) is 5.75 Å². The predicted octanol–water partition coefficient (Wildman–Crippen LogP) is 2.70. The maximum absolute atomic E-state index is 9.58. The van der Waals surface area contributed by atoms with Gasteiger partial charge in [-0.1, -0.05) is 39.0 Å². The van der Waals surface area contributed by atoms with E-state index in [0.29, 0.717) is 5.75 Å². The van der Waals surface area contributed by atoms with Gasteiger partial charge >= 0.3 is 48.9 Å². The first kappa shape index (κ1) is 17.3. The zero-order chi connectivity index (χ0) is 9.19. The molecule has 1 nitrogen and oxygen atoms in total. The van der Waals surface area contributed by atoms with Gasteiger partial charge in [0.1, 0.15) is 5.75 Å². The Balaban J connectivity index is 0. The van der Waals surface area contributed by atoms with Crippen molar-refractivity contribution in [2.24, 2.45) is 0 Å². The van der Waals surface area contributed by atoms with E-state index in [-0.39, 0.29) is 67.8 Å². The number of para-hydroxylation sites is 1. The van der Waals surface area contributed by atoms with E-state index in [0.717, 1.165) is 12.0 Å². The minimum Gasteiger partial charge on any atom is -2.00 e. The van der Waals surface area contributed by atoms with Crippen molar-refractivity contribution in [2.75, 3.05) is 0 Å². The van der Waals surface area contributed by atoms with Crippen LogP contribution in [0.3, 0.4) is 0 Å². The fraction of sp³-hybridized carbons (Fsp3) is 0.455. The molecular formula is C11H16BaOS. The third-order valence-electron chi connectivity index (χ3n) is 2.52. The first-order valence-corrected chi connectivity index (χ1v) is 4.36. The molecule has 0 fully saturated rings. The first-order valence-electron chi connectivity index (χ1n) is 4.36. The molecular weight excluding hydrogens is 318 g/mol. The van der Waals surface area contributed by atoms with Crippen molar-refractivity contribution >= 4 is 62.4 Å². The van der Waals surface area contributed by atoms with Gasteiger partial charge in [-0.3, -0.25) is 0 Å². The van der Waals surface area contributed by atoms with Crippen LogP contribution in [0.2, 0.25) is 0 Å². The molecule has 1 aromatic rings. The monoisotopic (exact) mass is 334 g/mol. The predicted molar refractivity (Wildman–Crippen MR) is 64.5 cm³/mol. The van der Waals surface area contributed by atoms with Crippen LogP contribution in [0.4, 0.5) is 0 Å². The summed E-state index contributed by atoms with van der Waals surface area (Å²) < 4.78 is 0. The molecule has 1 N–H and O–H groups in total. The second kappa shape index (κ2) is 7.25. The smallest absolute Gasteiger partial charge is 2.00 e. The first-order chi connectivity index (χ1) is 5.58. The van der Waals surface area contributed by atoms with Gasteiger partial charge in [-0.05, 0) is 23.5 Å². The van der Waals surface area contributed by atoms with Gasteiger partial charge in [-0.25, -0.2) is 0 Å². The van der Waals surface area contributed by atoms with Crippen LogP contribution in [0, 0.1) is 0 Å². The molecule has 14 heavy (non-hydrogen) atoms. The summed E-state index contributed by atoms with van der Waals surface area (Å²) in [6.45, 7) is 6.41. The molecule has 3 heteroatoms. The quantitative estimate of drug-likeness (QED) is 0.825. The van der Waals surface area contributed by atoms with E-state index in [1.54, 1.807) is 6.07 Å².